The van der Waals surface area contributed by atoms with Gasteiger partial charge in [0, 0.05) is 34.2 Å². The number of aromatic nitrogens is 3. The van der Waals surface area contributed by atoms with Crippen LogP contribution in [0, 0.1) is 10.1 Å². The van der Waals surface area contributed by atoms with Gasteiger partial charge in [-0.3, -0.25) is 10.1 Å². The quantitative estimate of drug-likeness (QED) is 0.159. The molecule has 0 aliphatic carbocycles. The normalized spacial score (nSPS) is 12.3. The zero-order valence-electron chi connectivity index (χ0n) is 18.8. The Labute approximate surface area is 200 Å². The fourth-order valence-corrected chi connectivity index (χ4v) is 4.13. The van der Waals surface area contributed by atoms with E-state index in [9.17, 15) is 15.2 Å². The van der Waals surface area contributed by atoms with Crippen molar-refractivity contribution in [3.63, 3.8) is 0 Å². The van der Waals surface area contributed by atoms with Crippen molar-refractivity contribution in [3.8, 4) is 5.88 Å². The van der Waals surface area contributed by atoms with Crippen molar-refractivity contribution >= 4 is 33.6 Å². The molecule has 0 radical (unpaired) electrons. The summed E-state index contributed by atoms with van der Waals surface area (Å²) in [6.07, 6.45) is 5.39. The molecule has 172 valence electrons. The first-order valence-electron chi connectivity index (χ1n) is 10.9. The largest absolute Gasteiger partial charge is 0.494 e. The minimum absolute atomic E-state index is 0.0653. The van der Waals surface area contributed by atoms with Gasteiger partial charge in [0.15, 0.2) is 5.88 Å². The van der Waals surface area contributed by atoms with Crippen LogP contribution < -0.4 is 0 Å². The maximum Gasteiger partial charge on any atom is 0.270 e. The summed E-state index contributed by atoms with van der Waals surface area (Å²) in [6, 6.07) is 21.6. The molecule has 8 nitrogen and oxygen atoms in total. The SMILES string of the molecule is CC=C(c1cccc(N=C(c2ccccc2)c2c(O)[nH]c3ccc([N+](=O)[O-])cc23)c1)c1cnc[nH]1. The Morgan fingerprint density at radius 1 is 1.06 bits per heavy atom. The lowest BCUT2D eigenvalue weighted by Gasteiger charge is -2.10. The number of non-ortho nitro benzene ring substituents is 1. The number of allylic oxidation sites excluding steroid dienone is 1. The number of H-pyrrole nitrogens is 2. The van der Waals surface area contributed by atoms with E-state index in [0.29, 0.717) is 27.9 Å². The highest BCUT2D eigenvalue weighted by Gasteiger charge is 2.21. The molecule has 0 spiro atoms. The fraction of sp³-hybridized carbons (Fsp3) is 0.0370. The Bertz CT molecular complexity index is 1580. The molecule has 0 saturated heterocycles. The second-order valence-electron chi connectivity index (χ2n) is 7.88. The first-order chi connectivity index (χ1) is 17.0. The molecule has 0 aliphatic heterocycles. The van der Waals surface area contributed by atoms with Crippen LogP contribution in [0.2, 0.25) is 0 Å². The van der Waals surface area contributed by atoms with Gasteiger partial charge in [0.1, 0.15) is 0 Å². The highest BCUT2D eigenvalue weighted by molar-refractivity contribution is 6.22. The number of nitro benzene ring substituents is 1. The Morgan fingerprint density at radius 3 is 2.57 bits per heavy atom. The predicted molar refractivity (Wildman–Crippen MR) is 136 cm³/mol. The van der Waals surface area contributed by atoms with Gasteiger partial charge in [-0.05, 0) is 30.7 Å². The van der Waals surface area contributed by atoms with Crippen molar-refractivity contribution in [2.45, 2.75) is 6.92 Å². The number of benzene rings is 3. The Balaban J connectivity index is 1.71. The third-order valence-electron chi connectivity index (χ3n) is 5.73. The molecular formula is C27H21N5O3. The average Bonchev–Trinajstić information content (AvgIpc) is 3.51. The molecule has 8 heteroatoms. The lowest BCUT2D eigenvalue weighted by molar-refractivity contribution is -0.384. The van der Waals surface area contributed by atoms with Gasteiger partial charge >= 0.3 is 0 Å². The van der Waals surface area contributed by atoms with Crippen LogP contribution in [0.4, 0.5) is 11.4 Å². The van der Waals surface area contributed by atoms with E-state index in [2.05, 4.69) is 15.0 Å². The van der Waals surface area contributed by atoms with Crippen molar-refractivity contribution in [1.29, 1.82) is 0 Å². The summed E-state index contributed by atoms with van der Waals surface area (Å²) >= 11 is 0. The van der Waals surface area contributed by atoms with Crippen LogP contribution in [0.5, 0.6) is 5.88 Å². The first-order valence-corrected chi connectivity index (χ1v) is 10.9. The molecule has 35 heavy (non-hydrogen) atoms. The molecule has 0 saturated carbocycles. The number of hydrogen-bond donors (Lipinski definition) is 3. The number of nitrogens with one attached hydrogen (secondary N) is 2. The molecule has 2 heterocycles. The van der Waals surface area contributed by atoms with Crippen molar-refractivity contribution in [2.24, 2.45) is 4.99 Å². The number of imidazole rings is 1. The van der Waals surface area contributed by atoms with Crippen LogP contribution in [-0.2, 0) is 0 Å². The molecule has 0 atom stereocenters. The number of rotatable bonds is 6. The second-order valence-corrected chi connectivity index (χ2v) is 7.88. The van der Waals surface area contributed by atoms with Crippen LogP contribution >= 0.6 is 0 Å². The monoisotopic (exact) mass is 463 g/mol. The summed E-state index contributed by atoms with van der Waals surface area (Å²) in [6.45, 7) is 1.96. The molecule has 0 fully saturated rings. The average molecular weight is 463 g/mol. The highest BCUT2D eigenvalue weighted by atomic mass is 16.6. The summed E-state index contributed by atoms with van der Waals surface area (Å²) in [4.78, 5) is 26.0. The number of nitro groups is 1. The zero-order chi connectivity index (χ0) is 24.4. The Kier molecular flexibility index (Phi) is 5.68. The van der Waals surface area contributed by atoms with E-state index in [1.54, 1.807) is 18.6 Å². The van der Waals surface area contributed by atoms with Crippen molar-refractivity contribution < 1.29 is 10.0 Å². The molecule has 0 unspecified atom stereocenters. The number of fused-ring (bicyclic) bond motifs is 1. The van der Waals surface area contributed by atoms with Gasteiger partial charge in [0.2, 0.25) is 0 Å². The molecule has 0 bridgehead atoms. The van der Waals surface area contributed by atoms with Crippen molar-refractivity contribution in [3.05, 3.63) is 124 Å². The van der Waals surface area contributed by atoms with Gasteiger partial charge in [-0.2, -0.15) is 0 Å². The lowest BCUT2D eigenvalue weighted by Crippen LogP contribution is -2.03. The van der Waals surface area contributed by atoms with Gasteiger partial charge in [-0.15, -0.1) is 0 Å². The van der Waals surface area contributed by atoms with E-state index in [0.717, 1.165) is 22.4 Å². The molecule has 3 N–H and O–H groups in total. The third-order valence-corrected chi connectivity index (χ3v) is 5.73. The lowest BCUT2D eigenvalue weighted by atomic mass is 10.00. The third kappa shape index (κ3) is 4.20. The summed E-state index contributed by atoms with van der Waals surface area (Å²) in [7, 11) is 0. The first kappa shape index (κ1) is 21.8. The van der Waals surface area contributed by atoms with Crippen LogP contribution in [-0.4, -0.2) is 30.7 Å². The van der Waals surface area contributed by atoms with Crippen LogP contribution in [0.1, 0.15) is 29.3 Å². The van der Waals surface area contributed by atoms with Gasteiger partial charge < -0.3 is 15.1 Å². The summed E-state index contributed by atoms with van der Waals surface area (Å²) < 4.78 is 0. The molecule has 0 amide bonds. The van der Waals surface area contributed by atoms with E-state index in [4.69, 9.17) is 4.99 Å². The number of hydrogen-bond acceptors (Lipinski definition) is 5. The minimum atomic E-state index is -0.454. The molecule has 2 aromatic heterocycles. The molecule has 0 aliphatic rings. The van der Waals surface area contributed by atoms with E-state index >= 15 is 0 Å². The maximum absolute atomic E-state index is 11.4. The van der Waals surface area contributed by atoms with Crippen molar-refractivity contribution in [2.75, 3.05) is 0 Å². The topological polar surface area (TPSA) is 120 Å². The molecule has 5 aromatic rings. The van der Waals surface area contributed by atoms with Crippen LogP contribution in [0.15, 0.2) is 96.4 Å². The molecule has 5 rings (SSSR count). The van der Waals surface area contributed by atoms with Gasteiger partial charge in [-0.25, -0.2) is 9.98 Å². The smallest absolute Gasteiger partial charge is 0.270 e. The van der Waals surface area contributed by atoms with Crippen molar-refractivity contribution in [1.82, 2.24) is 15.0 Å². The van der Waals surface area contributed by atoms with Gasteiger partial charge in [0.05, 0.1) is 40.1 Å². The number of aliphatic imine (C=N–C) groups is 1. The van der Waals surface area contributed by atoms with E-state index in [-0.39, 0.29) is 11.6 Å². The van der Waals surface area contributed by atoms with Crippen LogP contribution in [0.3, 0.4) is 0 Å². The highest BCUT2D eigenvalue weighted by Crippen LogP contribution is 2.34. The molecule has 3 aromatic carbocycles. The Hall–Kier alpha value is -4.98. The van der Waals surface area contributed by atoms with E-state index < -0.39 is 4.92 Å². The fourth-order valence-electron chi connectivity index (χ4n) is 4.13. The Morgan fingerprint density at radius 2 is 1.86 bits per heavy atom. The minimum Gasteiger partial charge on any atom is -0.494 e. The number of aromatic hydroxyl groups is 1. The summed E-state index contributed by atoms with van der Waals surface area (Å²) in [5.41, 5.74) is 5.66. The van der Waals surface area contributed by atoms with Gasteiger partial charge in [-0.1, -0.05) is 48.5 Å². The predicted octanol–water partition coefficient (Wildman–Crippen LogP) is 6.13. The van der Waals surface area contributed by atoms with Gasteiger partial charge in [0.25, 0.3) is 5.69 Å². The molecular weight excluding hydrogens is 442 g/mol. The number of aromatic amines is 2. The number of nitrogens with zero attached hydrogens (tertiary/aromatic N) is 3. The standard InChI is InChI=1S/C27H21N5O3/c1-2-21(24-15-28-16-29-24)18-9-6-10-19(13-18)30-26(17-7-4-3-5-8-17)25-22-14-20(32(34)35)11-12-23(22)31-27(25)33/h2-16,31,33H,1H3,(H,28,29). The van der Waals surface area contributed by atoms with E-state index in [1.807, 2.05) is 67.6 Å². The van der Waals surface area contributed by atoms with E-state index in [1.165, 1.54) is 12.1 Å². The second kappa shape index (κ2) is 9.11. The van der Waals surface area contributed by atoms with Crippen LogP contribution in [0.25, 0.3) is 16.5 Å². The maximum atomic E-state index is 11.4. The summed E-state index contributed by atoms with van der Waals surface area (Å²) in [5.74, 6) is -0.106. The summed E-state index contributed by atoms with van der Waals surface area (Å²) in [5, 5.41) is 22.8. The zero-order valence-corrected chi connectivity index (χ0v) is 18.8.